The Kier molecular flexibility index (Phi) is 3.68. The van der Waals surface area contributed by atoms with Crippen molar-refractivity contribution in [1.82, 2.24) is 20.2 Å². The van der Waals surface area contributed by atoms with Gasteiger partial charge in [-0.05, 0) is 14.0 Å². The lowest BCUT2D eigenvalue weighted by atomic mass is 10.1. The molecule has 2 aromatic heterocycles. The molecule has 0 radical (unpaired) electrons. The molecule has 0 amide bonds. The van der Waals surface area contributed by atoms with Gasteiger partial charge in [0, 0.05) is 13.1 Å². The highest BCUT2D eigenvalue weighted by Gasteiger charge is 2.25. The third-order valence-electron chi connectivity index (χ3n) is 3.41. The van der Waals surface area contributed by atoms with Crippen LogP contribution in [0.25, 0.3) is 0 Å². The van der Waals surface area contributed by atoms with Gasteiger partial charge in [-0.3, -0.25) is 0 Å². The van der Waals surface area contributed by atoms with Gasteiger partial charge in [-0.25, -0.2) is 0 Å². The Morgan fingerprint density at radius 1 is 1.38 bits per heavy atom. The minimum atomic E-state index is -0.185. The molecule has 1 aliphatic heterocycles. The van der Waals surface area contributed by atoms with Crippen molar-refractivity contribution in [3.63, 3.8) is 0 Å². The molecule has 0 aliphatic carbocycles. The van der Waals surface area contributed by atoms with Crippen LogP contribution in [0.4, 0.5) is 0 Å². The summed E-state index contributed by atoms with van der Waals surface area (Å²) in [7, 11) is 2.02. The van der Waals surface area contributed by atoms with Crippen LogP contribution in [0.1, 0.15) is 34.8 Å². The third-order valence-corrected chi connectivity index (χ3v) is 3.41. The van der Waals surface area contributed by atoms with Gasteiger partial charge in [0.05, 0.1) is 13.0 Å². The van der Waals surface area contributed by atoms with Crippen LogP contribution in [0, 0.1) is 18.3 Å². The summed E-state index contributed by atoms with van der Waals surface area (Å²) < 4.78 is 15.9. The van der Waals surface area contributed by atoms with Crippen molar-refractivity contribution in [3.05, 3.63) is 28.7 Å². The first kappa shape index (κ1) is 13.7. The number of rotatable bonds is 3. The lowest BCUT2D eigenvalue weighted by molar-refractivity contribution is -0.0264. The molecule has 2 aromatic rings. The number of hydrogen-bond acceptors (Lipinski definition) is 8. The van der Waals surface area contributed by atoms with Crippen LogP contribution in [-0.4, -0.2) is 46.9 Å². The smallest absolute Gasteiger partial charge is 0.232 e. The molecular formula is C13H15N5O3. The van der Waals surface area contributed by atoms with Crippen molar-refractivity contribution in [2.45, 2.75) is 19.4 Å². The zero-order valence-electron chi connectivity index (χ0n) is 11.9. The number of aromatic nitrogens is 3. The molecule has 1 unspecified atom stereocenters. The van der Waals surface area contributed by atoms with Crippen molar-refractivity contribution in [2.24, 2.45) is 0 Å². The van der Waals surface area contributed by atoms with E-state index in [9.17, 15) is 0 Å². The van der Waals surface area contributed by atoms with Crippen LogP contribution in [0.2, 0.25) is 0 Å². The molecule has 1 atom stereocenters. The monoisotopic (exact) mass is 289 g/mol. The molecule has 8 heteroatoms. The normalized spacial score (nSPS) is 19.6. The first-order valence-corrected chi connectivity index (χ1v) is 6.65. The van der Waals surface area contributed by atoms with Crippen molar-refractivity contribution < 1.29 is 13.8 Å². The summed E-state index contributed by atoms with van der Waals surface area (Å²) in [6.45, 7) is 3.96. The molecule has 1 fully saturated rings. The standard InChI is InChI=1S/C13H15N5O3/c1-8-9(6-14)10(16-20-8)5-12-15-13(17-21-12)11-7-18(2)3-4-19-11/h11H,3-5,7H2,1-2H3. The van der Waals surface area contributed by atoms with Crippen molar-refractivity contribution in [1.29, 1.82) is 5.26 Å². The van der Waals surface area contributed by atoms with Crippen LogP contribution >= 0.6 is 0 Å². The van der Waals surface area contributed by atoms with Crippen LogP contribution in [0.15, 0.2) is 9.05 Å². The number of hydrogen-bond donors (Lipinski definition) is 0. The Morgan fingerprint density at radius 2 is 2.24 bits per heavy atom. The van der Waals surface area contributed by atoms with Gasteiger partial charge in [0.15, 0.2) is 5.76 Å². The number of ether oxygens (including phenoxy) is 1. The van der Waals surface area contributed by atoms with Crippen molar-refractivity contribution in [2.75, 3.05) is 26.7 Å². The van der Waals surface area contributed by atoms with Gasteiger partial charge in [0.25, 0.3) is 0 Å². The Morgan fingerprint density at radius 3 is 3.00 bits per heavy atom. The summed E-state index contributed by atoms with van der Waals surface area (Å²) in [4.78, 5) is 6.48. The third kappa shape index (κ3) is 2.79. The first-order valence-electron chi connectivity index (χ1n) is 6.65. The minimum absolute atomic E-state index is 0.185. The molecule has 3 rings (SSSR count). The van der Waals surface area contributed by atoms with E-state index < -0.39 is 0 Å². The van der Waals surface area contributed by atoms with Gasteiger partial charge in [-0.2, -0.15) is 10.2 Å². The van der Waals surface area contributed by atoms with Crippen LogP contribution in [0.5, 0.6) is 0 Å². The molecule has 21 heavy (non-hydrogen) atoms. The Balaban J connectivity index is 1.74. The Bertz CT molecular complexity index is 672. The SMILES string of the molecule is Cc1onc(Cc2nc(C3CN(C)CCO3)no2)c1C#N. The topological polar surface area (TPSA) is 101 Å². The zero-order chi connectivity index (χ0) is 14.8. The van der Waals surface area contributed by atoms with E-state index in [2.05, 4.69) is 26.3 Å². The number of nitriles is 1. The molecule has 0 bridgehead atoms. The number of morpholine rings is 1. The van der Waals surface area contributed by atoms with Crippen LogP contribution in [-0.2, 0) is 11.2 Å². The maximum Gasteiger partial charge on any atom is 0.232 e. The molecule has 3 heterocycles. The highest BCUT2D eigenvalue weighted by molar-refractivity contribution is 5.36. The summed E-state index contributed by atoms with van der Waals surface area (Å²) in [6, 6.07) is 2.06. The second kappa shape index (κ2) is 5.63. The lowest BCUT2D eigenvalue weighted by Crippen LogP contribution is -2.35. The lowest BCUT2D eigenvalue weighted by Gasteiger charge is -2.27. The van der Waals surface area contributed by atoms with Gasteiger partial charge < -0.3 is 18.7 Å². The van der Waals surface area contributed by atoms with E-state index in [-0.39, 0.29) is 12.5 Å². The number of likely N-dealkylation sites (N-methyl/N-ethyl adjacent to an activating group) is 1. The first-order chi connectivity index (χ1) is 10.2. The van der Waals surface area contributed by atoms with E-state index in [0.29, 0.717) is 35.3 Å². The van der Waals surface area contributed by atoms with E-state index in [1.54, 1.807) is 6.92 Å². The maximum absolute atomic E-state index is 9.06. The molecule has 0 aromatic carbocycles. The van der Waals surface area contributed by atoms with Gasteiger partial charge in [-0.15, -0.1) is 0 Å². The van der Waals surface area contributed by atoms with Crippen LogP contribution in [0.3, 0.4) is 0 Å². The molecule has 1 aliphatic rings. The average Bonchev–Trinajstić information content (AvgIpc) is 3.07. The van der Waals surface area contributed by atoms with Gasteiger partial charge in [0.2, 0.25) is 11.7 Å². The summed E-state index contributed by atoms with van der Waals surface area (Å²) in [5.41, 5.74) is 0.926. The summed E-state index contributed by atoms with van der Waals surface area (Å²) in [5, 5.41) is 16.9. The van der Waals surface area contributed by atoms with Gasteiger partial charge in [-0.1, -0.05) is 10.3 Å². The highest BCUT2D eigenvalue weighted by Crippen LogP contribution is 2.20. The van der Waals surface area contributed by atoms with E-state index in [1.807, 2.05) is 7.05 Å². The maximum atomic E-state index is 9.06. The fourth-order valence-corrected chi connectivity index (χ4v) is 2.23. The largest absolute Gasteiger partial charge is 0.367 e. The van der Waals surface area contributed by atoms with E-state index in [0.717, 1.165) is 13.1 Å². The number of nitrogens with zero attached hydrogens (tertiary/aromatic N) is 5. The molecular weight excluding hydrogens is 274 g/mol. The molecule has 1 saturated heterocycles. The summed E-state index contributed by atoms with van der Waals surface area (Å²) in [5.74, 6) is 1.41. The summed E-state index contributed by atoms with van der Waals surface area (Å²) >= 11 is 0. The van der Waals surface area contributed by atoms with E-state index in [4.69, 9.17) is 19.0 Å². The summed E-state index contributed by atoms with van der Waals surface area (Å²) in [6.07, 6.45) is 0.0891. The molecule has 0 N–H and O–H groups in total. The minimum Gasteiger partial charge on any atom is -0.367 e. The highest BCUT2D eigenvalue weighted by atomic mass is 16.5. The fourth-order valence-electron chi connectivity index (χ4n) is 2.23. The molecule has 0 spiro atoms. The van der Waals surface area contributed by atoms with Gasteiger partial charge >= 0.3 is 0 Å². The average molecular weight is 289 g/mol. The predicted octanol–water partition coefficient (Wildman–Crippen LogP) is 0.832. The Hall–Kier alpha value is -2.24. The van der Waals surface area contributed by atoms with Crippen LogP contribution < -0.4 is 0 Å². The zero-order valence-corrected chi connectivity index (χ0v) is 11.9. The predicted molar refractivity (Wildman–Crippen MR) is 69.2 cm³/mol. The quantitative estimate of drug-likeness (QED) is 0.818. The second-order valence-electron chi connectivity index (χ2n) is 5.02. The fraction of sp³-hybridized carbons (Fsp3) is 0.538. The van der Waals surface area contributed by atoms with E-state index >= 15 is 0 Å². The molecule has 110 valence electrons. The molecule has 8 nitrogen and oxygen atoms in total. The molecule has 0 saturated carbocycles. The van der Waals surface area contributed by atoms with Crippen molar-refractivity contribution >= 4 is 0 Å². The Labute approximate surface area is 121 Å². The second-order valence-corrected chi connectivity index (χ2v) is 5.02. The van der Waals surface area contributed by atoms with Crippen molar-refractivity contribution in [3.8, 4) is 6.07 Å². The van der Waals surface area contributed by atoms with Gasteiger partial charge in [0.1, 0.15) is 23.4 Å². The van der Waals surface area contributed by atoms with E-state index in [1.165, 1.54) is 0 Å². The number of aryl methyl sites for hydroxylation is 1.